The molecule has 1 fully saturated rings. The van der Waals surface area contributed by atoms with Crippen molar-refractivity contribution in [2.75, 3.05) is 37.7 Å². The zero-order valence-corrected chi connectivity index (χ0v) is 14.0. The molecule has 0 aromatic rings. The van der Waals surface area contributed by atoms with Gasteiger partial charge < -0.3 is 10.0 Å². The van der Waals surface area contributed by atoms with Gasteiger partial charge in [0.05, 0.1) is 0 Å². The van der Waals surface area contributed by atoms with E-state index >= 15 is 0 Å². The Bertz CT molecular complexity index is 221. The first-order chi connectivity index (χ1) is 9.01. The van der Waals surface area contributed by atoms with Crippen LogP contribution in [-0.2, 0) is 0 Å². The first-order valence-electron chi connectivity index (χ1n) is 7.92. The lowest BCUT2D eigenvalue weighted by molar-refractivity contribution is 0.188. The normalized spacial score (nSPS) is 19.6. The van der Waals surface area contributed by atoms with E-state index in [0.717, 1.165) is 0 Å². The van der Waals surface area contributed by atoms with Gasteiger partial charge in [0.25, 0.3) is 0 Å². The average Bonchev–Trinajstić information content (AvgIpc) is 2.38. The van der Waals surface area contributed by atoms with Crippen LogP contribution in [0.25, 0.3) is 0 Å². The highest BCUT2D eigenvalue weighted by atomic mass is 32.2. The third-order valence-corrected chi connectivity index (χ3v) is 4.94. The van der Waals surface area contributed by atoms with Gasteiger partial charge in [-0.15, -0.1) is 0 Å². The molecule has 0 amide bonds. The Balaban J connectivity index is 2.05. The number of rotatable bonds is 8. The predicted molar refractivity (Wildman–Crippen MR) is 86.9 cm³/mol. The molecular formula is C16H33NOS. The summed E-state index contributed by atoms with van der Waals surface area (Å²) in [6.45, 7) is 11.0. The van der Waals surface area contributed by atoms with Crippen LogP contribution in [0.3, 0.4) is 0 Å². The van der Waals surface area contributed by atoms with Crippen LogP contribution < -0.4 is 0 Å². The number of hydrogen-bond acceptors (Lipinski definition) is 3. The Kier molecular flexibility index (Phi) is 8.43. The molecule has 0 aliphatic carbocycles. The average molecular weight is 288 g/mol. The first-order valence-corrected chi connectivity index (χ1v) is 9.08. The summed E-state index contributed by atoms with van der Waals surface area (Å²) in [7, 11) is 0. The van der Waals surface area contributed by atoms with E-state index in [9.17, 15) is 5.11 Å². The largest absolute Gasteiger partial charge is 0.396 e. The number of aliphatic hydroxyl groups is 1. The molecule has 0 aromatic carbocycles. The predicted octanol–water partition coefficient (Wildman–Crippen LogP) is 3.64. The molecule has 0 spiro atoms. The summed E-state index contributed by atoms with van der Waals surface area (Å²) in [5, 5.41) is 9.46. The van der Waals surface area contributed by atoms with E-state index in [1.807, 2.05) is 0 Å². The molecule has 1 saturated heterocycles. The van der Waals surface area contributed by atoms with Gasteiger partial charge in [0.15, 0.2) is 0 Å². The van der Waals surface area contributed by atoms with Crippen LogP contribution in [0.15, 0.2) is 0 Å². The van der Waals surface area contributed by atoms with Crippen molar-refractivity contribution in [2.45, 2.75) is 52.9 Å². The van der Waals surface area contributed by atoms with Crippen molar-refractivity contribution in [3.8, 4) is 0 Å². The Morgan fingerprint density at radius 1 is 1.11 bits per heavy atom. The fourth-order valence-electron chi connectivity index (χ4n) is 2.56. The van der Waals surface area contributed by atoms with E-state index < -0.39 is 0 Å². The van der Waals surface area contributed by atoms with Crippen LogP contribution in [0.4, 0.5) is 0 Å². The van der Waals surface area contributed by atoms with Crippen molar-refractivity contribution < 1.29 is 5.11 Å². The van der Waals surface area contributed by atoms with Crippen molar-refractivity contribution in [1.29, 1.82) is 0 Å². The van der Waals surface area contributed by atoms with Crippen LogP contribution in [-0.4, -0.2) is 47.8 Å². The Morgan fingerprint density at radius 2 is 1.79 bits per heavy atom. The molecule has 0 radical (unpaired) electrons. The molecular weight excluding hydrogens is 254 g/mol. The highest BCUT2D eigenvalue weighted by Gasteiger charge is 2.15. The summed E-state index contributed by atoms with van der Waals surface area (Å²) in [4.78, 5) is 2.60. The Labute approximate surface area is 124 Å². The second kappa shape index (κ2) is 9.25. The lowest BCUT2D eigenvalue weighted by Gasteiger charge is -2.26. The Morgan fingerprint density at radius 3 is 2.37 bits per heavy atom. The lowest BCUT2D eigenvalue weighted by Crippen LogP contribution is -2.33. The minimum Gasteiger partial charge on any atom is -0.396 e. The van der Waals surface area contributed by atoms with Gasteiger partial charge >= 0.3 is 0 Å². The number of unbranched alkanes of at least 4 members (excludes halogenated alkanes) is 1. The summed E-state index contributed by atoms with van der Waals surface area (Å²) in [6.07, 6.45) is 6.19. The molecule has 3 heteroatoms. The molecule has 0 bridgehead atoms. The van der Waals surface area contributed by atoms with Gasteiger partial charge in [0, 0.05) is 31.2 Å². The van der Waals surface area contributed by atoms with Gasteiger partial charge in [-0.3, -0.25) is 0 Å². The van der Waals surface area contributed by atoms with Crippen LogP contribution in [0.2, 0.25) is 0 Å². The van der Waals surface area contributed by atoms with Crippen molar-refractivity contribution in [3.05, 3.63) is 0 Å². The summed E-state index contributed by atoms with van der Waals surface area (Å²) < 4.78 is 0. The molecule has 1 aliphatic heterocycles. The standard InChI is InChI=1S/C16H33NOS/c1-16(2,3)8-7-15(14-18)6-4-5-9-17-10-12-19-13-11-17/h15,18H,4-14H2,1-3H3/t15-/m0/s1. The van der Waals surface area contributed by atoms with Gasteiger partial charge in [-0.2, -0.15) is 11.8 Å². The van der Waals surface area contributed by atoms with E-state index in [2.05, 4.69) is 37.4 Å². The molecule has 1 atom stereocenters. The zero-order chi connectivity index (χ0) is 14.1. The molecule has 114 valence electrons. The maximum absolute atomic E-state index is 9.46. The molecule has 0 saturated carbocycles. The summed E-state index contributed by atoms with van der Waals surface area (Å²) >= 11 is 2.08. The van der Waals surface area contributed by atoms with Crippen LogP contribution in [0.5, 0.6) is 0 Å². The molecule has 19 heavy (non-hydrogen) atoms. The van der Waals surface area contributed by atoms with E-state index in [1.54, 1.807) is 0 Å². The maximum atomic E-state index is 9.46. The minimum absolute atomic E-state index is 0.371. The third-order valence-electron chi connectivity index (χ3n) is 4.00. The van der Waals surface area contributed by atoms with Crippen LogP contribution >= 0.6 is 11.8 Å². The maximum Gasteiger partial charge on any atom is 0.0459 e. The third kappa shape index (κ3) is 8.93. The highest BCUT2D eigenvalue weighted by Crippen LogP contribution is 2.25. The van der Waals surface area contributed by atoms with E-state index in [1.165, 1.54) is 63.2 Å². The highest BCUT2D eigenvalue weighted by molar-refractivity contribution is 7.99. The molecule has 0 unspecified atom stereocenters. The summed E-state index contributed by atoms with van der Waals surface area (Å²) in [5.74, 6) is 3.14. The molecule has 2 nitrogen and oxygen atoms in total. The fraction of sp³-hybridized carbons (Fsp3) is 1.00. The monoisotopic (exact) mass is 287 g/mol. The lowest BCUT2D eigenvalue weighted by atomic mass is 9.85. The van der Waals surface area contributed by atoms with Crippen LogP contribution in [0.1, 0.15) is 52.9 Å². The van der Waals surface area contributed by atoms with E-state index in [-0.39, 0.29) is 0 Å². The number of thioether (sulfide) groups is 1. The molecule has 1 rings (SSSR count). The van der Waals surface area contributed by atoms with Crippen molar-refractivity contribution in [2.24, 2.45) is 11.3 Å². The zero-order valence-electron chi connectivity index (χ0n) is 13.2. The van der Waals surface area contributed by atoms with E-state index in [4.69, 9.17) is 0 Å². The number of aliphatic hydroxyl groups excluding tert-OH is 1. The fourth-order valence-corrected chi connectivity index (χ4v) is 3.54. The smallest absolute Gasteiger partial charge is 0.0459 e. The van der Waals surface area contributed by atoms with Gasteiger partial charge in [0.1, 0.15) is 0 Å². The first kappa shape index (κ1) is 17.3. The number of hydrogen-bond donors (Lipinski definition) is 1. The summed E-state index contributed by atoms with van der Waals surface area (Å²) in [5.41, 5.74) is 0.402. The van der Waals surface area contributed by atoms with Crippen molar-refractivity contribution in [3.63, 3.8) is 0 Å². The van der Waals surface area contributed by atoms with E-state index in [0.29, 0.717) is 17.9 Å². The van der Waals surface area contributed by atoms with Gasteiger partial charge in [0.2, 0.25) is 0 Å². The van der Waals surface area contributed by atoms with Crippen molar-refractivity contribution in [1.82, 2.24) is 4.90 Å². The Hall–Kier alpha value is 0.270. The second-order valence-corrected chi connectivity index (χ2v) is 8.32. The molecule has 0 aromatic heterocycles. The van der Waals surface area contributed by atoms with Gasteiger partial charge in [-0.1, -0.05) is 27.2 Å². The quantitative estimate of drug-likeness (QED) is 0.690. The SMILES string of the molecule is CC(C)(C)CC[C@@H](CO)CCCCN1CCSCC1. The van der Waals surface area contributed by atoms with Crippen molar-refractivity contribution >= 4 is 11.8 Å². The van der Waals surface area contributed by atoms with Gasteiger partial charge in [-0.05, 0) is 43.6 Å². The second-order valence-electron chi connectivity index (χ2n) is 7.10. The topological polar surface area (TPSA) is 23.5 Å². The molecule has 1 heterocycles. The molecule has 1 aliphatic rings. The summed E-state index contributed by atoms with van der Waals surface area (Å²) in [6, 6.07) is 0. The number of nitrogens with zero attached hydrogens (tertiary/aromatic N) is 1. The van der Waals surface area contributed by atoms with Crippen LogP contribution in [0, 0.1) is 11.3 Å². The van der Waals surface area contributed by atoms with Gasteiger partial charge in [-0.25, -0.2) is 0 Å². The minimum atomic E-state index is 0.371. The molecule has 1 N–H and O–H groups in total.